The Balaban J connectivity index is 0.00000161. The van der Waals surface area contributed by atoms with Crippen LogP contribution in [0.3, 0.4) is 0 Å². The molecule has 21 heavy (non-hydrogen) atoms. The molecule has 114 valence electrons. The number of benzene rings is 1. The molecule has 0 radical (unpaired) electrons. The number of rotatable bonds is 3. The van der Waals surface area contributed by atoms with Gasteiger partial charge >= 0.3 is 0 Å². The van der Waals surface area contributed by atoms with Gasteiger partial charge in [-0.1, -0.05) is 29.4 Å². The summed E-state index contributed by atoms with van der Waals surface area (Å²) in [6.07, 6.45) is 0.698. The number of aromatic nitrogens is 2. The molecule has 3 rings (SSSR count). The van der Waals surface area contributed by atoms with Crippen molar-refractivity contribution in [2.45, 2.75) is 19.4 Å². The highest BCUT2D eigenvalue weighted by atomic mass is 35.5. The average molecular weight is 309 g/mol. The van der Waals surface area contributed by atoms with Gasteiger partial charge in [-0.15, -0.1) is 12.4 Å². The van der Waals surface area contributed by atoms with Gasteiger partial charge in [0.05, 0.1) is 12.5 Å². The first kappa shape index (κ1) is 15.9. The molecule has 1 N–H and O–H groups in total. The quantitative estimate of drug-likeness (QED) is 0.939. The highest BCUT2D eigenvalue weighted by molar-refractivity contribution is 5.85. The Bertz CT molecular complexity index is 587. The fourth-order valence-electron chi connectivity index (χ4n) is 2.54. The van der Waals surface area contributed by atoms with Gasteiger partial charge in [0, 0.05) is 19.6 Å². The fraction of sp³-hybridized carbons (Fsp3) is 0.467. The largest absolute Gasteiger partial charge is 0.339 e. The first-order valence-corrected chi connectivity index (χ1v) is 7.02. The van der Waals surface area contributed by atoms with Crippen molar-refractivity contribution < 1.29 is 4.52 Å². The van der Waals surface area contributed by atoms with Gasteiger partial charge in [0.15, 0.2) is 5.82 Å². The van der Waals surface area contributed by atoms with E-state index in [1.54, 1.807) is 0 Å². The lowest BCUT2D eigenvalue weighted by Gasteiger charge is -2.30. The van der Waals surface area contributed by atoms with Crippen LogP contribution in [0.1, 0.15) is 28.9 Å². The third-order valence-electron chi connectivity index (χ3n) is 3.90. The second-order valence-corrected chi connectivity index (χ2v) is 5.35. The molecule has 2 aromatic rings. The maximum Gasteiger partial charge on any atom is 0.231 e. The second kappa shape index (κ2) is 7.02. The molecule has 6 heteroatoms. The maximum atomic E-state index is 5.41. The molecule has 0 saturated carbocycles. The van der Waals surface area contributed by atoms with E-state index in [9.17, 15) is 0 Å². The molecule has 1 aromatic carbocycles. The molecule has 1 fully saturated rings. The summed E-state index contributed by atoms with van der Waals surface area (Å²) in [5.74, 6) is 1.47. The van der Waals surface area contributed by atoms with Crippen LogP contribution < -0.4 is 5.32 Å². The highest BCUT2D eigenvalue weighted by Gasteiger charge is 2.25. The zero-order valence-corrected chi connectivity index (χ0v) is 13.2. The number of piperazine rings is 1. The number of halogens is 1. The standard InChI is InChI=1S/C15H20N4O.ClH/c1-11-5-3-4-6-12(11)9-14-17-15(18-20-14)13-10-16-7-8-19(13)2;/h3-6,13,16H,7-10H2,1-2H3;1H. The predicted molar refractivity (Wildman–Crippen MR) is 83.8 cm³/mol. The number of nitrogens with one attached hydrogen (secondary N) is 1. The van der Waals surface area contributed by atoms with Crippen molar-refractivity contribution in [2.24, 2.45) is 0 Å². The first-order valence-electron chi connectivity index (χ1n) is 7.02. The predicted octanol–water partition coefficient (Wildman–Crippen LogP) is 1.97. The minimum Gasteiger partial charge on any atom is -0.339 e. The summed E-state index contributed by atoms with van der Waals surface area (Å²) in [5.41, 5.74) is 2.49. The molecule has 0 spiro atoms. The Hall–Kier alpha value is -1.43. The first-order chi connectivity index (χ1) is 9.74. The monoisotopic (exact) mass is 308 g/mol. The second-order valence-electron chi connectivity index (χ2n) is 5.35. The van der Waals surface area contributed by atoms with Crippen molar-refractivity contribution in [3.63, 3.8) is 0 Å². The van der Waals surface area contributed by atoms with Crippen LogP contribution >= 0.6 is 12.4 Å². The van der Waals surface area contributed by atoms with Gasteiger partial charge in [0.25, 0.3) is 0 Å². The van der Waals surface area contributed by atoms with Crippen molar-refractivity contribution in [3.8, 4) is 0 Å². The van der Waals surface area contributed by atoms with Gasteiger partial charge in [-0.3, -0.25) is 4.90 Å². The average Bonchev–Trinajstić information content (AvgIpc) is 2.90. The number of nitrogens with zero attached hydrogens (tertiary/aromatic N) is 3. The number of hydrogen-bond acceptors (Lipinski definition) is 5. The molecular formula is C15H21ClN4O. The molecule has 1 saturated heterocycles. The molecule has 2 heterocycles. The van der Waals surface area contributed by atoms with Crippen molar-refractivity contribution in [1.82, 2.24) is 20.4 Å². The van der Waals surface area contributed by atoms with E-state index in [0.29, 0.717) is 12.3 Å². The molecule has 1 unspecified atom stereocenters. The molecule has 0 amide bonds. The fourth-order valence-corrected chi connectivity index (χ4v) is 2.54. The van der Waals surface area contributed by atoms with Gasteiger partial charge in [0.1, 0.15) is 0 Å². The molecular weight excluding hydrogens is 288 g/mol. The van der Waals surface area contributed by atoms with Gasteiger partial charge < -0.3 is 9.84 Å². The zero-order chi connectivity index (χ0) is 13.9. The SMILES string of the molecule is Cc1ccccc1Cc1nc(C2CNCCN2C)no1.Cl. The molecule has 5 nitrogen and oxygen atoms in total. The smallest absolute Gasteiger partial charge is 0.231 e. The summed E-state index contributed by atoms with van der Waals surface area (Å²) in [5, 5.41) is 7.52. The molecule has 1 atom stereocenters. The van der Waals surface area contributed by atoms with E-state index in [-0.39, 0.29) is 18.4 Å². The minimum absolute atomic E-state index is 0. The van der Waals surface area contributed by atoms with Gasteiger partial charge in [0.2, 0.25) is 5.89 Å². The Morgan fingerprint density at radius 3 is 2.95 bits per heavy atom. The lowest BCUT2D eigenvalue weighted by Crippen LogP contribution is -2.44. The molecule has 1 aliphatic heterocycles. The van der Waals surface area contributed by atoms with E-state index in [4.69, 9.17) is 4.52 Å². The lowest BCUT2D eigenvalue weighted by molar-refractivity contribution is 0.190. The summed E-state index contributed by atoms with van der Waals surface area (Å²) in [4.78, 5) is 6.82. The van der Waals surface area contributed by atoms with Crippen molar-refractivity contribution >= 4 is 12.4 Å². The molecule has 1 aromatic heterocycles. The Morgan fingerprint density at radius 1 is 1.38 bits per heavy atom. The van der Waals surface area contributed by atoms with E-state index in [1.807, 2.05) is 12.1 Å². The lowest BCUT2D eigenvalue weighted by atomic mass is 10.1. The summed E-state index contributed by atoms with van der Waals surface area (Å²) in [6, 6.07) is 8.50. The van der Waals surface area contributed by atoms with Crippen LogP contribution in [0.4, 0.5) is 0 Å². The van der Waals surface area contributed by atoms with Crippen LogP contribution in [0.15, 0.2) is 28.8 Å². The van der Waals surface area contributed by atoms with Crippen LogP contribution in [-0.2, 0) is 6.42 Å². The third kappa shape index (κ3) is 3.61. The van der Waals surface area contributed by atoms with E-state index < -0.39 is 0 Å². The molecule has 1 aliphatic rings. The van der Waals surface area contributed by atoms with E-state index in [1.165, 1.54) is 11.1 Å². The normalized spacial score (nSPS) is 19.2. The zero-order valence-electron chi connectivity index (χ0n) is 12.4. The van der Waals surface area contributed by atoms with Gasteiger partial charge in [-0.05, 0) is 25.1 Å². The van der Waals surface area contributed by atoms with E-state index in [2.05, 4.69) is 46.5 Å². The number of aryl methyl sites for hydroxylation is 1. The van der Waals surface area contributed by atoms with Crippen LogP contribution in [0.25, 0.3) is 0 Å². The van der Waals surface area contributed by atoms with E-state index >= 15 is 0 Å². The van der Waals surface area contributed by atoms with Crippen molar-refractivity contribution in [1.29, 1.82) is 0 Å². The van der Waals surface area contributed by atoms with Crippen molar-refractivity contribution in [3.05, 3.63) is 47.1 Å². The van der Waals surface area contributed by atoms with Crippen LogP contribution in [0.2, 0.25) is 0 Å². The summed E-state index contributed by atoms with van der Waals surface area (Å²) in [6.45, 7) is 5.00. The summed E-state index contributed by atoms with van der Waals surface area (Å²) >= 11 is 0. The van der Waals surface area contributed by atoms with Crippen molar-refractivity contribution in [2.75, 3.05) is 26.7 Å². The van der Waals surface area contributed by atoms with E-state index in [0.717, 1.165) is 25.5 Å². The van der Waals surface area contributed by atoms with Crippen LogP contribution in [-0.4, -0.2) is 41.7 Å². The van der Waals surface area contributed by atoms with Gasteiger partial charge in [-0.25, -0.2) is 0 Å². The Labute approximate surface area is 131 Å². The number of hydrogen-bond donors (Lipinski definition) is 1. The Kier molecular flexibility index (Phi) is 5.33. The van der Waals surface area contributed by atoms with Crippen LogP contribution in [0, 0.1) is 6.92 Å². The summed E-state index contributed by atoms with van der Waals surface area (Å²) < 4.78 is 5.41. The number of likely N-dealkylation sites (N-methyl/N-ethyl adjacent to an activating group) is 1. The minimum atomic E-state index is 0. The molecule has 0 bridgehead atoms. The maximum absolute atomic E-state index is 5.41. The highest BCUT2D eigenvalue weighted by Crippen LogP contribution is 2.19. The summed E-state index contributed by atoms with van der Waals surface area (Å²) in [7, 11) is 2.10. The molecule has 0 aliphatic carbocycles. The topological polar surface area (TPSA) is 54.2 Å². The van der Waals surface area contributed by atoms with Gasteiger partial charge in [-0.2, -0.15) is 4.98 Å². The third-order valence-corrected chi connectivity index (χ3v) is 3.90. The Morgan fingerprint density at radius 2 is 2.19 bits per heavy atom. The van der Waals surface area contributed by atoms with Crippen LogP contribution in [0.5, 0.6) is 0 Å².